The van der Waals surface area contributed by atoms with Gasteiger partial charge in [0.2, 0.25) is 0 Å². The Kier molecular flexibility index (Phi) is 4.99. The summed E-state index contributed by atoms with van der Waals surface area (Å²) in [5, 5.41) is 20.1. The Balaban J connectivity index is 1.33. The average Bonchev–Trinajstić information content (AvgIpc) is 3.35. The van der Waals surface area contributed by atoms with Gasteiger partial charge in [-0.3, -0.25) is 15.1 Å². The van der Waals surface area contributed by atoms with Crippen LogP contribution in [0, 0.1) is 0 Å². The number of hydrogen-bond donors (Lipinski definition) is 3. The number of urea groups is 1. The highest BCUT2D eigenvalue weighted by atomic mass is 35.5. The largest absolute Gasteiger partial charge is 0.331 e. The topological polar surface area (TPSA) is 101 Å². The Morgan fingerprint density at radius 3 is 2.78 bits per heavy atom. The van der Waals surface area contributed by atoms with Gasteiger partial charge < -0.3 is 5.32 Å². The lowest BCUT2D eigenvalue weighted by Gasteiger charge is -2.15. The SMILES string of the molecule is C[C@@H](NC(=O)Nc1cc2[nH]nc(-c3ccc4nn(C)cc4c3)c2cn1)c1ccc(Cl)cc1. The highest BCUT2D eigenvalue weighted by Crippen LogP contribution is 2.29. The first-order valence-corrected chi connectivity index (χ1v) is 10.4. The summed E-state index contributed by atoms with van der Waals surface area (Å²) in [4.78, 5) is 16.8. The van der Waals surface area contributed by atoms with E-state index in [2.05, 4.69) is 37.0 Å². The summed E-state index contributed by atoms with van der Waals surface area (Å²) in [7, 11) is 1.90. The Labute approximate surface area is 188 Å². The molecule has 5 rings (SSSR count). The summed E-state index contributed by atoms with van der Waals surface area (Å²) >= 11 is 5.92. The minimum absolute atomic E-state index is 0.183. The fraction of sp³-hybridized carbons (Fsp3) is 0.130. The molecule has 9 heteroatoms. The maximum Gasteiger partial charge on any atom is 0.320 e. The summed E-state index contributed by atoms with van der Waals surface area (Å²) < 4.78 is 1.79. The van der Waals surface area contributed by atoms with Gasteiger partial charge in [-0.2, -0.15) is 10.2 Å². The molecule has 3 aromatic heterocycles. The third kappa shape index (κ3) is 3.88. The Morgan fingerprint density at radius 2 is 1.97 bits per heavy atom. The van der Waals surface area contributed by atoms with Crippen molar-refractivity contribution in [1.82, 2.24) is 30.3 Å². The van der Waals surface area contributed by atoms with Gasteiger partial charge in [0.05, 0.1) is 17.1 Å². The number of aromatic amines is 1. The van der Waals surface area contributed by atoms with Gasteiger partial charge in [0.15, 0.2) is 0 Å². The van der Waals surface area contributed by atoms with E-state index < -0.39 is 0 Å². The van der Waals surface area contributed by atoms with Crippen molar-refractivity contribution in [3.05, 3.63) is 71.5 Å². The van der Waals surface area contributed by atoms with E-state index in [-0.39, 0.29) is 12.1 Å². The highest BCUT2D eigenvalue weighted by Gasteiger charge is 2.13. The standard InChI is InChI=1S/C23H20ClN7O/c1-13(14-3-6-17(24)7-4-14)26-23(32)27-21-10-20-18(11-25-21)22(29-28-20)15-5-8-19-16(9-15)12-31(2)30-19/h3-13H,1-2H3,(H,28,29)(H2,25,26,27,32)/t13-/m1/s1. The van der Waals surface area contributed by atoms with Crippen LogP contribution >= 0.6 is 11.6 Å². The number of fused-ring (bicyclic) bond motifs is 2. The molecule has 0 aliphatic heterocycles. The third-order valence-corrected chi connectivity index (χ3v) is 5.55. The first kappa shape index (κ1) is 20.0. The molecule has 0 fully saturated rings. The first-order valence-electron chi connectivity index (χ1n) is 10.1. The van der Waals surface area contributed by atoms with E-state index in [1.54, 1.807) is 29.1 Å². The molecule has 3 heterocycles. The van der Waals surface area contributed by atoms with Crippen molar-refractivity contribution in [3.8, 4) is 11.3 Å². The molecule has 0 radical (unpaired) electrons. The molecule has 0 spiro atoms. The zero-order valence-corrected chi connectivity index (χ0v) is 18.2. The number of H-pyrrole nitrogens is 1. The van der Waals surface area contributed by atoms with Crippen LogP contribution in [-0.2, 0) is 7.05 Å². The van der Waals surface area contributed by atoms with Crippen LogP contribution in [0.3, 0.4) is 0 Å². The predicted octanol–water partition coefficient (Wildman–Crippen LogP) is 5.05. The van der Waals surface area contributed by atoms with Crippen molar-refractivity contribution in [2.45, 2.75) is 13.0 Å². The monoisotopic (exact) mass is 445 g/mol. The molecule has 0 bridgehead atoms. The molecule has 1 atom stereocenters. The number of rotatable bonds is 4. The van der Waals surface area contributed by atoms with Gasteiger partial charge in [-0.05, 0) is 36.8 Å². The summed E-state index contributed by atoms with van der Waals surface area (Å²) in [5.41, 5.74) is 4.43. The van der Waals surface area contributed by atoms with Crippen LogP contribution in [0.5, 0.6) is 0 Å². The molecule has 0 aliphatic rings. The number of amides is 2. The van der Waals surface area contributed by atoms with Crippen LogP contribution in [-0.4, -0.2) is 31.0 Å². The number of anilines is 1. The Morgan fingerprint density at radius 1 is 1.16 bits per heavy atom. The summed E-state index contributed by atoms with van der Waals surface area (Å²) in [6.07, 6.45) is 3.68. The van der Waals surface area contributed by atoms with Crippen LogP contribution in [0.2, 0.25) is 5.02 Å². The first-order chi connectivity index (χ1) is 15.5. The molecule has 0 saturated carbocycles. The van der Waals surface area contributed by atoms with E-state index in [4.69, 9.17) is 11.6 Å². The molecule has 32 heavy (non-hydrogen) atoms. The minimum Gasteiger partial charge on any atom is -0.331 e. The second-order valence-electron chi connectivity index (χ2n) is 7.64. The van der Waals surface area contributed by atoms with Crippen LogP contribution in [0.1, 0.15) is 18.5 Å². The Bertz CT molecular complexity index is 1440. The second-order valence-corrected chi connectivity index (χ2v) is 8.07. The average molecular weight is 446 g/mol. The van der Waals surface area contributed by atoms with Gasteiger partial charge in [0.25, 0.3) is 0 Å². The van der Waals surface area contributed by atoms with Crippen LogP contribution in [0.4, 0.5) is 10.6 Å². The van der Waals surface area contributed by atoms with Crippen molar-refractivity contribution < 1.29 is 4.79 Å². The number of carbonyl (C=O) groups is 1. The van der Waals surface area contributed by atoms with Gasteiger partial charge in [-0.25, -0.2) is 9.78 Å². The zero-order chi connectivity index (χ0) is 22.2. The van der Waals surface area contributed by atoms with Crippen LogP contribution in [0.15, 0.2) is 60.9 Å². The van der Waals surface area contributed by atoms with Crippen LogP contribution in [0.25, 0.3) is 33.1 Å². The number of nitrogens with one attached hydrogen (secondary N) is 3. The molecule has 0 saturated heterocycles. The second kappa shape index (κ2) is 7.97. The molecular formula is C23H20ClN7O. The Hall–Kier alpha value is -3.91. The van der Waals surface area contributed by atoms with Gasteiger partial charge in [-0.15, -0.1) is 0 Å². The minimum atomic E-state index is -0.346. The van der Waals surface area contributed by atoms with Crippen molar-refractivity contribution >= 4 is 45.3 Å². The van der Waals surface area contributed by atoms with E-state index in [0.717, 1.165) is 38.6 Å². The molecule has 0 aliphatic carbocycles. The lowest BCUT2D eigenvalue weighted by atomic mass is 10.1. The fourth-order valence-electron chi connectivity index (χ4n) is 3.68. The van der Waals surface area contributed by atoms with E-state index in [1.165, 1.54) is 0 Å². The lowest BCUT2D eigenvalue weighted by molar-refractivity contribution is 0.249. The molecular weight excluding hydrogens is 426 g/mol. The van der Waals surface area contributed by atoms with E-state index in [9.17, 15) is 4.79 Å². The van der Waals surface area contributed by atoms with E-state index in [1.807, 2.05) is 44.4 Å². The van der Waals surface area contributed by atoms with Gasteiger partial charge in [0.1, 0.15) is 11.5 Å². The maximum absolute atomic E-state index is 12.4. The predicted molar refractivity (Wildman–Crippen MR) is 126 cm³/mol. The molecule has 8 nitrogen and oxygen atoms in total. The number of hydrogen-bond acceptors (Lipinski definition) is 4. The normalized spacial score (nSPS) is 12.2. The number of benzene rings is 2. The number of carbonyl (C=O) groups excluding carboxylic acids is 1. The van der Waals surface area contributed by atoms with Crippen molar-refractivity contribution in [2.24, 2.45) is 7.05 Å². The third-order valence-electron chi connectivity index (χ3n) is 5.30. The summed E-state index contributed by atoms with van der Waals surface area (Å²) in [6.45, 7) is 1.90. The highest BCUT2D eigenvalue weighted by molar-refractivity contribution is 6.30. The maximum atomic E-state index is 12.4. The van der Waals surface area contributed by atoms with Crippen molar-refractivity contribution in [3.63, 3.8) is 0 Å². The molecule has 2 aromatic carbocycles. The van der Waals surface area contributed by atoms with E-state index in [0.29, 0.717) is 10.8 Å². The summed E-state index contributed by atoms with van der Waals surface area (Å²) in [5.74, 6) is 0.427. The van der Waals surface area contributed by atoms with E-state index >= 15 is 0 Å². The quantitative estimate of drug-likeness (QED) is 0.360. The zero-order valence-electron chi connectivity index (χ0n) is 17.4. The molecule has 0 unspecified atom stereocenters. The number of halogens is 1. The molecule has 2 amide bonds. The number of nitrogens with zero attached hydrogens (tertiary/aromatic N) is 4. The van der Waals surface area contributed by atoms with Crippen LogP contribution < -0.4 is 10.6 Å². The summed E-state index contributed by atoms with van der Waals surface area (Å²) in [6, 6.07) is 14.6. The number of aromatic nitrogens is 5. The van der Waals surface area contributed by atoms with Gasteiger partial charge in [-0.1, -0.05) is 29.8 Å². The lowest BCUT2D eigenvalue weighted by Crippen LogP contribution is -2.31. The molecule has 3 N–H and O–H groups in total. The van der Waals surface area contributed by atoms with Gasteiger partial charge >= 0.3 is 6.03 Å². The smallest absolute Gasteiger partial charge is 0.320 e. The molecule has 160 valence electrons. The number of pyridine rings is 1. The van der Waals surface area contributed by atoms with Crippen molar-refractivity contribution in [1.29, 1.82) is 0 Å². The molecule has 5 aromatic rings. The number of aryl methyl sites for hydroxylation is 1. The van der Waals surface area contributed by atoms with Crippen molar-refractivity contribution in [2.75, 3.05) is 5.32 Å². The fourth-order valence-corrected chi connectivity index (χ4v) is 3.81. The van der Waals surface area contributed by atoms with Gasteiger partial charge in [0, 0.05) is 46.9 Å².